The van der Waals surface area contributed by atoms with Crippen LogP contribution in [-0.2, 0) is 0 Å². The summed E-state index contributed by atoms with van der Waals surface area (Å²) in [5.41, 5.74) is 1.40. The van der Waals surface area contributed by atoms with Gasteiger partial charge in [-0.2, -0.15) is 0 Å². The van der Waals surface area contributed by atoms with Crippen molar-refractivity contribution in [3.8, 4) is 0 Å². The maximum atomic E-state index is 4.19. The van der Waals surface area contributed by atoms with Gasteiger partial charge in [0.15, 0.2) is 0 Å². The van der Waals surface area contributed by atoms with Gasteiger partial charge >= 0.3 is 0 Å². The standard InChI is InChI=1S/C14H21N3/c1-2-12(10-16-5-1)13-8-14(13)17-9-11-3-6-15-7-4-11/h1-2,5,10-11,13-15,17H,3-4,6-9H2. The molecule has 17 heavy (non-hydrogen) atoms. The maximum Gasteiger partial charge on any atom is 0.0303 e. The molecule has 1 aromatic rings. The summed E-state index contributed by atoms with van der Waals surface area (Å²) in [6.45, 7) is 3.59. The van der Waals surface area contributed by atoms with Crippen LogP contribution in [0, 0.1) is 5.92 Å². The summed E-state index contributed by atoms with van der Waals surface area (Å²) in [7, 11) is 0. The Labute approximate surface area is 103 Å². The third kappa shape index (κ3) is 2.85. The Morgan fingerprint density at radius 3 is 3.00 bits per heavy atom. The average molecular weight is 231 g/mol. The van der Waals surface area contributed by atoms with E-state index in [0.717, 1.165) is 5.92 Å². The molecular formula is C14H21N3. The number of aromatic nitrogens is 1. The number of hydrogen-bond donors (Lipinski definition) is 2. The Bertz CT molecular complexity index is 346. The highest BCUT2D eigenvalue weighted by Crippen LogP contribution is 2.40. The molecule has 2 fully saturated rings. The predicted octanol–water partition coefficient (Wildman–Crippen LogP) is 1.53. The predicted molar refractivity (Wildman–Crippen MR) is 69.0 cm³/mol. The molecule has 3 nitrogen and oxygen atoms in total. The van der Waals surface area contributed by atoms with Crippen LogP contribution in [0.2, 0.25) is 0 Å². The summed E-state index contributed by atoms with van der Waals surface area (Å²) >= 11 is 0. The lowest BCUT2D eigenvalue weighted by Crippen LogP contribution is -2.34. The van der Waals surface area contributed by atoms with E-state index in [0.29, 0.717) is 12.0 Å². The van der Waals surface area contributed by atoms with E-state index in [1.54, 1.807) is 0 Å². The molecule has 2 unspecified atom stereocenters. The van der Waals surface area contributed by atoms with Crippen LogP contribution in [0.4, 0.5) is 0 Å². The highest BCUT2D eigenvalue weighted by Gasteiger charge is 2.38. The fourth-order valence-electron chi connectivity index (χ4n) is 2.79. The monoisotopic (exact) mass is 231 g/mol. The summed E-state index contributed by atoms with van der Waals surface area (Å²) in [5.74, 6) is 1.59. The fraction of sp³-hybridized carbons (Fsp3) is 0.643. The molecule has 2 heterocycles. The van der Waals surface area contributed by atoms with E-state index in [2.05, 4.69) is 21.7 Å². The number of piperidine rings is 1. The zero-order valence-electron chi connectivity index (χ0n) is 10.2. The highest BCUT2D eigenvalue weighted by atomic mass is 15.0. The zero-order valence-corrected chi connectivity index (χ0v) is 10.2. The molecule has 1 aliphatic heterocycles. The molecule has 1 saturated carbocycles. The van der Waals surface area contributed by atoms with E-state index >= 15 is 0 Å². The van der Waals surface area contributed by atoms with Gasteiger partial charge in [0.1, 0.15) is 0 Å². The van der Waals surface area contributed by atoms with E-state index in [1.807, 2.05) is 18.5 Å². The van der Waals surface area contributed by atoms with Crippen LogP contribution in [0.15, 0.2) is 24.5 Å². The summed E-state index contributed by atoms with van der Waals surface area (Å²) < 4.78 is 0. The molecule has 1 aromatic heterocycles. The van der Waals surface area contributed by atoms with Crippen LogP contribution in [0.1, 0.15) is 30.7 Å². The lowest BCUT2D eigenvalue weighted by atomic mass is 9.98. The van der Waals surface area contributed by atoms with Gasteiger partial charge in [-0.15, -0.1) is 0 Å². The highest BCUT2D eigenvalue weighted by molar-refractivity contribution is 5.24. The Kier molecular flexibility index (Phi) is 3.39. The summed E-state index contributed by atoms with van der Waals surface area (Å²) in [6.07, 6.45) is 7.81. The molecule has 0 radical (unpaired) electrons. The van der Waals surface area contributed by atoms with Gasteiger partial charge in [0.05, 0.1) is 0 Å². The van der Waals surface area contributed by atoms with Crippen molar-refractivity contribution >= 4 is 0 Å². The lowest BCUT2D eigenvalue weighted by Gasteiger charge is -2.22. The molecule has 0 amide bonds. The third-order valence-electron chi connectivity index (χ3n) is 4.03. The van der Waals surface area contributed by atoms with Crippen molar-refractivity contribution in [3.05, 3.63) is 30.1 Å². The number of pyridine rings is 1. The van der Waals surface area contributed by atoms with Crippen LogP contribution in [0.5, 0.6) is 0 Å². The zero-order chi connectivity index (χ0) is 11.5. The minimum atomic E-state index is 0.703. The number of rotatable bonds is 4. The van der Waals surface area contributed by atoms with Crippen molar-refractivity contribution in [1.82, 2.24) is 15.6 Å². The summed E-state index contributed by atoms with van der Waals surface area (Å²) in [5, 5.41) is 7.14. The maximum absolute atomic E-state index is 4.19. The van der Waals surface area contributed by atoms with Crippen molar-refractivity contribution in [2.45, 2.75) is 31.2 Å². The van der Waals surface area contributed by atoms with Gasteiger partial charge in [0, 0.05) is 24.4 Å². The molecular weight excluding hydrogens is 210 g/mol. The first-order valence-corrected chi connectivity index (χ1v) is 6.77. The summed E-state index contributed by atoms with van der Waals surface area (Å²) in [6, 6.07) is 4.94. The minimum Gasteiger partial charge on any atom is -0.317 e. The second-order valence-electron chi connectivity index (χ2n) is 5.34. The van der Waals surface area contributed by atoms with Gasteiger partial charge in [-0.25, -0.2) is 0 Å². The van der Waals surface area contributed by atoms with Crippen LogP contribution in [0.3, 0.4) is 0 Å². The third-order valence-corrected chi connectivity index (χ3v) is 4.03. The molecule has 0 aromatic carbocycles. The summed E-state index contributed by atoms with van der Waals surface area (Å²) in [4.78, 5) is 4.19. The van der Waals surface area contributed by atoms with Crippen molar-refractivity contribution in [1.29, 1.82) is 0 Å². The largest absolute Gasteiger partial charge is 0.317 e. The van der Waals surface area contributed by atoms with Crippen molar-refractivity contribution < 1.29 is 0 Å². The number of nitrogens with one attached hydrogen (secondary N) is 2. The first-order chi connectivity index (χ1) is 8.43. The first-order valence-electron chi connectivity index (χ1n) is 6.77. The molecule has 0 bridgehead atoms. The molecule has 1 saturated heterocycles. The SMILES string of the molecule is c1cncc(C2CC2NCC2CCNCC2)c1. The molecule has 3 rings (SSSR count). The molecule has 2 aliphatic rings. The first kappa shape index (κ1) is 11.2. The second kappa shape index (κ2) is 5.15. The van der Waals surface area contributed by atoms with Crippen LogP contribution in [-0.4, -0.2) is 30.7 Å². The van der Waals surface area contributed by atoms with Crippen LogP contribution in [0.25, 0.3) is 0 Å². The Morgan fingerprint density at radius 2 is 2.24 bits per heavy atom. The van der Waals surface area contributed by atoms with Gasteiger partial charge < -0.3 is 10.6 Å². The minimum absolute atomic E-state index is 0.703. The molecule has 2 N–H and O–H groups in total. The fourth-order valence-corrected chi connectivity index (χ4v) is 2.79. The van der Waals surface area contributed by atoms with Gasteiger partial charge in [-0.3, -0.25) is 4.98 Å². The average Bonchev–Trinajstić information content (AvgIpc) is 3.18. The normalized spacial score (nSPS) is 29.2. The molecule has 3 heteroatoms. The van der Waals surface area contributed by atoms with Crippen molar-refractivity contribution in [2.75, 3.05) is 19.6 Å². The Morgan fingerprint density at radius 1 is 1.35 bits per heavy atom. The van der Waals surface area contributed by atoms with E-state index in [4.69, 9.17) is 0 Å². The van der Waals surface area contributed by atoms with Crippen molar-refractivity contribution in [2.24, 2.45) is 5.92 Å². The van der Waals surface area contributed by atoms with Gasteiger partial charge in [-0.1, -0.05) is 6.07 Å². The molecule has 1 aliphatic carbocycles. The van der Waals surface area contributed by atoms with Crippen LogP contribution >= 0.6 is 0 Å². The number of nitrogens with zero attached hydrogens (tertiary/aromatic N) is 1. The van der Waals surface area contributed by atoms with E-state index in [1.165, 1.54) is 44.5 Å². The van der Waals surface area contributed by atoms with Crippen LogP contribution < -0.4 is 10.6 Å². The Hall–Kier alpha value is -0.930. The van der Waals surface area contributed by atoms with E-state index in [9.17, 15) is 0 Å². The van der Waals surface area contributed by atoms with Gasteiger partial charge in [-0.05, 0) is 56.4 Å². The van der Waals surface area contributed by atoms with E-state index < -0.39 is 0 Å². The quantitative estimate of drug-likeness (QED) is 0.825. The molecule has 0 spiro atoms. The topological polar surface area (TPSA) is 37.0 Å². The van der Waals surface area contributed by atoms with Crippen molar-refractivity contribution in [3.63, 3.8) is 0 Å². The molecule has 92 valence electrons. The van der Waals surface area contributed by atoms with Gasteiger partial charge in [0.25, 0.3) is 0 Å². The lowest BCUT2D eigenvalue weighted by molar-refractivity contribution is 0.355. The molecule has 2 atom stereocenters. The van der Waals surface area contributed by atoms with E-state index in [-0.39, 0.29) is 0 Å². The van der Waals surface area contributed by atoms with Gasteiger partial charge in [0.2, 0.25) is 0 Å². The number of hydrogen-bond acceptors (Lipinski definition) is 3. The smallest absolute Gasteiger partial charge is 0.0303 e. The second-order valence-corrected chi connectivity index (χ2v) is 5.34. The Balaban J connectivity index is 1.43.